The third kappa shape index (κ3) is 3.27. The molecule has 0 unspecified atom stereocenters. The van der Waals surface area contributed by atoms with E-state index in [1.807, 2.05) is 5.48 Å². The van der Waals surface area contributed by atoms with Crippen LogP contribution < -0.4 is 10.2 Å². The van der Waals surface area contributed by atoms with Crippen LogP contribution in [0.4, 0.5) is 8.78 Å². The molecule has 5 heteroatoms. The minimum Gasteiger partial charge on any atom is -0.490 e. The molecule has 2 N–H and O–H groups in total. The summed E-state index contributed by atoms with van der Waals surface area (Å²) in [6.45, 7) is 0.624. The van der Waals surface area contributed by atoms with Crippen molar-refractivity contribution in [1.82, 2.24) is 5.48 Å². The van der Waals surface area contributed by atoms with Crippen molar-refractivity contribution in [2.45, 2.75) is 6.42 Å². The van der Waals surface area contributed by atoms with Gasteiger partial charge < -0.3 is 9.94 Å². The van der Waals surface area contributed by atoms with Gasteiger partial charge in [-0.15, -0.1) is 0 Å². The molecule has 0 heterocycles. The third-order valence-corrected chi connectivity index (χ3v) is 1.58. The Morgan fingerprint density at radius 1 is 1.36 bits per heavy atom. The molecule has 14 heavy (non-hydrogen) atoms. The number of hydroxylamine groups is 1. The third-order valence-electron chi connectivity index (χ3n) is 1.58. The van der Waals surface area contributed by atoms with Gasteiger partial charge in [-0.3, -0.25) is 0 Å². The Morgan fingerprint density at radius 3 is 2.79 bits per heavy atom. The average Bonchev–Trinajstić information content (AvgIpc) is 2.15. The van der Waals surface area contributed by atoms with E-state index in [4.69, 9.17) is 9.94 Å². The van der Waals surface area contributed by atoms with E-state index in [0.29, 0.717) is 13.0 Å². The first kappa shape index (κ1) is 10.9. The van der Waals surface area contributed by atoms with Crippen molar-refractivity contribution in [1.29, 1.82) is 0 Å². The standard InChI is InChI=1S/C9H11F2NO2/c10-7-2-3-9(8(11)6-7)14-5-1-4-12-13/h2-3,6,12-13H,1,4-5H2. The second-order valence-corrected chi connectivity index (χ2v) is 2.68. The fourth-order valence-corrected chi connectivity index (χ4v) is 0.926. The summed E-state index contributed by atoms with van der Waals surface area (Å²) in [6, 6.07) is 3.12. The predicted molar refractivity (Wildman–Crippen MR) is 46.3 cm³/mol. The molecule has 0 saturated heterocycles. The molecule has 3 nitrogen and oxygen atoms in total. The maximum Gasteiger partial charge on any atom is 0.167 e. The van der Waals surface area contributed by atoms with Gasteiger partial charge in [0.05, 0.1) is 6.61 Å². The van der Waals surface area contributed by atoms with Crippen LogP contribution in [0.25, 0.3) is 0 Å². The molecule has 0 spiro atoms. The Morgan fingerprint density at radius 2 is 2.14 bits per heavy atom. The lowest BCUT2D eigenvalue weighted by molar-refractivity contribution is 0.157. The largest absolute Gasteiger partial charge is 0.490 e. The Kier molecular flexibility index (Phi) is 4.28. The lowest BCUT2D eigenvalue weighted by Gasteiger charge is -2.06. The monoisotopic (exact) mass is 203 g/mol. The summed E-state index contributed by atoms with van der Waals surface area (Å²) in [6.07, 6.45) is 0.535. The van der Waals surface area contributed by atoms with E-state index in [0.717, 1.165) is 12.1 Å². The molecule has 0 aliphatic carbocycles. The minimum absolute atomic E-state index is 0.0179. The van der Waals surface area contributed by atoms with E-state index >= 15 is 0 Å². The van der Waals surface area contributed by atoms with Gasteiger partial charge in [0.25, 0.3) is 0 Å². The quantitative estimate of drug-likeness (QED) is 0.565. The Labute approximate surface area is 80.3 Å². The summed E-state index contributed by atoms with van der Waals surface area (Å²) in [7, 11) is 0. The maximum atomic E-state index is 12.9. The van der Waals surface area contributed by atoms with Crippen LogP contribution in [0.5, 0.6) is 5.75 Å². The Bertz CT molecular complexity index is 294. The van der Waals surface area contributed by atoms with E-state index in [9.17, 15) is 8.78 Å². The fraction of sp³-hybridized carbons (Fsp3) is 0.333. The summed E-state index contributed by atoms with van der Waals surface area (Å²) in [5, 5.41) is 8.23. The van der Waals surface area contributed by atoms with Gasteiger partial charge in [-0.1, -0.05) is 0 Å². The van der Waals surface area contributed by atoms with Crippen molar-refractivity contribution in [2.75, 3.05) is 13.2 Å². The average molecular weight is 203 g/mol. The fourth-order valence-electron chi connectivity index (χ4n) is 0.926. The zero-order chi connectivity index (χ0) is 10.4. The minimum atomic E-state index is -0.720. The summed E-state index contributed by atoms with van der Waals surface area (Å²) in [5.74, 6) is -1.34. The van der Waals surface area contributed by atoms with Crippen molar-refractivity contribution in [3.8, 4) is 5.75 Å². The maximum absolute atomic E-state index is 12.9. The summed E-state index contributed by atoms with van der Waals surface area (Å²) in [4.78, 5) is 0. The lowest BCUT2D eigenvalue weighted by Crippen LogP contribution is -2.12. The highest BCUT2D eigenvalue weighted by Crippen LogP contribution is 2.17. The van der Waals surface area contributed by atoms with Crippen molar-refractivity contribution in [2.24, 2.45) is 0 Å². The molecule has 0 aromatic heterocycles. The van der Waals surface area contributed by atoms with Crippen LogP contribution >= 0.6 is 0 Å². The number of halogens is 2. The van der Waals surface area contributed by atoms with Crippen molar-refractivity contribution < 1.29 is 18.7 Å². The predicted octanol–water partition coefficient (Wildman–Crippen LogP) is 1.71. The second kappa shape index (κ2) is 5.51. The molecule has 0 radical (unpaired) electrons. The van der Waals surface area contributed by atoms with Gasteiger partial charge in [0.1, 0.15) is 5.82 Å². The molecular weight excluding hydrogens is 192 g/mol. The number of hydrogen-bond donors (Lipinski definition) is 2. The first-order valence-electron chi connectivity index (χ1n) is 4.19. The van der Waals surface area contributed by atoms with E-state index < -0.39 is 11.6 Å². The van der Waals surface area contributed by atoms with E-state index in [-0.39, 0.29) is 12.4 Å². The summed E-state index contributed by atoms with van der Waals surface area (Å²) < 4.78 is 30.4. The van der Waals surface area contributed by atoms with Gasteiger partial charge in [-0.2, -0.15) is 0 Å². The van der Waals surface area contributed by atoms with E-state index in [1.54, 1.807) is 0 Å². The normalized spacial score (nSPS) is 10.2. The number of hydrogen-bond acceptors (Lipinski definition) is 3. The Balaban J connectivity index is 2.42. The molecule has 0 saturated carbocycles. The van der Waals surface area contributed by atoms with E-state index in [2.05, 4.69) is 0 Å². The SMILES string of the molecule is ONCCCOc1ccc(F)cc1F. The smallest absolute Gasteiger partial charge is 0.167 e. The number of benzene rings is 1. The van der Waals surface area contributed by atoms with Gasteiger partial charge in [0.2, 0.25) is 0 Å². The highest BCUT2D eigenvalue weighted by Gasteiger charge is 2.03. The van der Waals surface area contributed by atoms with Crippen LogP contribution in [0.3, 0.4) is 0 Å². The molecule has 1 aromatic carbocycles. The van der Waals surface area contributed by atoms with Crippen molar-refractivity contribution in [3.05, 3.63) is 29.8 Å². The number of ether oxygens (including phenoxy) is 1. The Hall–Kier alpha value is -1.20. The first-order chi connectivity index (χ1) is 6.74. The molecule has 1 rings (SSSR count). The second-order valence-electron chi connectivity index (χ2n) is 2.68. The van der Waals surface area contributed by atoms with Crippen LogP contribution in [0, 0.1) is 11.6 Å². The van der Waals surface area contributed by atoms with E-state index in [1.165, 1.54) is 6.07 Å². The van der Waals surface area contributed by atoms with Gasteiger partial charge in [-0.05, 0) is 18.6 Å². The van der Waals surface area contributed by atoms with Gasteiger partial charge in [0, 0.05) is 12.6 Å². The first-order valence-corrected chi connectivity index (χ1v) is 4.19. The number of rotatable bonds is 5. The van der Waals surface area contributed by atoms with Gasteiger partial charge in [0.15, 0.2) is 11.6 Å². The van der Waals surface area contributed by atoms with Crippen LogP contribution in [-0.2, 0) is 0 Å². The summed E-state index contributed by atoms with van der Waals surface area (Å²) >= 11 is 0. The highest BCUT2D eigenvalue weighted by atomic mass is 19.1. The molecule has 0 aliphatic heterocycles. The molecular formula is C9H11F2NO2. The molecule has 0 amide bonds. The van der Waals surface area contributed by atoms with Gasteiger partial charge in [-0.25, -0.2) is 14.3 Å². The van der Waals surface area contributed by atoms with Crippen LogP contribution in [0.15, 0.2) is 18.2 Å². The van der Waals surface area contributed by atoms with Gasteiger partial charge >= 0.3 is 0 Å². The molecule has 0 aliphatic rings. The highest BCUT2D eigenvalue weighted by molar-refractivity contribution is 5.24. The lowest BCUT2D eigenvalue weighted by atomic mass is 10.3. The van der Waals surface area contributed by atoms with Crippen LogP contribution in [0.2, 0.25) is 0 Å². The molecule has 0 bridgehead atoms. The van der Waals surface area contributed by atoms with Crippen LogP contribution in [-0.4, -0.2) is 18.4 Å². The molecule has 78 valence electrons. The van der Waals surface area contributed by atoms with Crippen molar-refractivity contribution >= 4 is 0 Å². The van der Waals surface area contributed by atoms with Crippen LogP contribution in [0.1, 0.15) is 6.42 Å². The molecule has 0 fully saturated rings. The number of nitrogens with one attached hydrogen (secondary N) is 1. The summed E-state index contributed by atoms with van der Waals surface area (Å²) in [5.41, 5.74) is 1.94. The molecule has 1 aromatic rings. The van der Waals surface area contributed by atoms with Crippen molar-refractivity contribution in [3.63, 3.8) is 0 Å². The topological polar surface area (TPSA) is 41.5 Å². The zero-order valence-electron chi connectivity index (χ0n) is 7.46. The molecule has 0 atom stereocenters. The zero-order valence-corrected chi connectivity index (χ0v) is 7.46.